The van der Waals surface area contributed by atoms with Gasteiger partial charge in [-0.2, -0.15) is 0 Å². The molecule has 0 saturated carbocycles. The van der Waals surface area contributed by atoms with E-state index in [0.29, 0.717) is 21.9 Å². The molecule has 1 N–H and O–H groups in total. The molecule has 4 aromatic carbocycles. The van der Waals surface area contributed by atoms with Crippen molar-refractivity contribution >= 4 is 46.2 Å². The summed E-state index contributed by atoms with van der Waals surface area (Å²) in [5.41, 5.74) is 4.68. The first-order chi connectivity index (χ1) is 19.8. The second-order valence-electron chi connectivity index (χ2n) is 9.34. The van der Waals surface area contributed by atoms with E-state index in [9.17, 15) is 14.7 Å². The lowest BCUT2D eigenvalue weighted by molar-refractivity contribution is 0.0599. The van der Waals surface area contributed by atoms with Crippen LogP contribution in [0.15, 0.2) is 102 Å². The molecule has 1 heterocycles. The molecule has 0 aliphatic heterocycles. The minimum absolute atomic E-state index is 0.242. The first kappa shape index (κ1) is 28.2. The molecule has 0 saturated heterocycles. The number of aromatic carboxylic acids is 1. The third kappa shape index (κ3) is 6.53. The van der Waals surface area contributed by atoms with Crippen LogP contribution < -0.4 is 4.74 Å². The Balaban J connectivity index is 1.48. The summed E-state index contributed by atoms with van der Waals surface area (Å²) in [7, 11) is 1.35. The number of benzene rings is 4. The highest BCUT2D eigenvalue weighted by Crippen LogP contribution is 2.43. The van der Waals surface area contributed by atoms with E-state index < -0.39 is 11.9 Å². The Morgan fingerprint density at radius 2 is 1.73 bits per heavy atom. The van der Waals surface area contributed by atoms with Crippen LogP contribution >= 0.6 is 23.4 Å². The van der Waals surface area contributed by atoms with E-state index in [1.807, 2.05) is 73.7 Å². The van der Waals surface area contributed by atoms with Gasteiger partial charge < -0.3 is 14.6 Å². The van der Waals surface area contributed by atoms with Gasteiger partial charge in [0.2, 0.25) is 0 Å². The fraction of sp³-hybridized carbons (Fsp3) is 0.121. The number of carbonyl (C=O) groups excluding carboxylic acids is 1. The Morgan fingerprint density at radius 1 is 0.951 bits per heavy atom. The van der Waals surface area contributed by atoms with E-state index in [2.05, 4.69) is 4.98 Å². The van der Waals surface area contributed by atoms with E-state index in [-0.39, 0.29) is 17.4 Å². The van der Waals surface area contributed by atoms with Gasteiger partial charge in [-0.05, 0) is 78.2 Å². The molecule has 1 unspecified atom stereocenters. The maximum atomic E-state index is 12.2. The summed E-state index contributed by atoms with van der Waals surface area (Å²) in [6.07, 6.45) is 0. The average molecular weight is 584 g/mol. The van der Waals surface area contributed by atoms with Gasteiger partial charge in [0.1, 0.15) is 12.4 Å². The normalized spacial score (nSPS) is 11.7. The number of carboxylic acids is 1. The molecule has 5 rings (SSSR count). The van der Waals surface area contributed by atoms with Gasteiger partial charge in [0, 0.05) is 15.3 Å². The zero-order valence-corrected chi connectivity index (χ0v) is 23.9. The minimum Gasteiger partial charge on any atom is -0.487 e. The molecule has 0 fully saturated rings. The van der Waals surface area contributed by atoms with Gasteiger partial charge in [0.15, 0.2) is 0 Å². The van der Waals surface area contributed by atoms with Crippen LogP contribution in [0.3, 0.4) is 0 Å². The lowest BCUT2D eigenvalue weighted by Gasteiger charge is -2.22. The molecule has 5 aromatic rings. The fourth-order valence-corrected chi connectivity index (χ4v) is 6.02. The molecule has 0 spiro atoms. The van der Waals surface area contributed by atoms with E-state index in [1.54, 1.807) is 30.3 Å². The number of nitrogens with zero attached hydrogens (tertiary/aromatic N) is 1. The number of aromatic nitrogens is 1. The van der Waals surface area contributed by atoms with Crippen LogP contribution in [-0.4, -0.2) is 29.1 Å². The highest BCUT2D eigenvalue weighted by molar-refractivity contribution is 7.99. The molecule has 8 heteroatoms. The molecular weight excluding hydrogens is 558 g/mol. The predicted octanol–water partition coefficient (Wildman–Crippen LogP) is 8.14. The molecule has 1 atom stereocenters. The summed E-state index contributed by atoms with van der Waals surface area (Å²) in [5.74, 6) is -0.758. The standard InChI is InChI=1S/C33H26ClNO5S/c1-20-28(10-5-11-29(20)32(36)37)31(41-27-9-4-7-23(17-27)33(38)39-2)22-6-3-8-26(16-22)40-19-25-15-13-21-12-14-24(34)18-30(21)35-25/h3-18,31H,19H2,1-2H3,(H,36,37). The Morgan fingerprint density at radius 3 is 2.54 bits per heavy atom. The van der Waals surface area contributed by atoms with Gasteiger partial charge in [-0.15, -0.1) is 11.8 Å². The lowest BCUT2D eigenvalue weighted by Crippen LogP contribution is -2.07. The number of carbonyl (C=O) groups is 2. The van der Waals surface area contributed by atoms with Crippen molar-refractivity contribution in [2.24, 2.45) is 0 Å². The van der Waals surface area contributed by atoms with E-state index >= 15 is 0 Å². The molecule has 0 radical (unpaired) electrons. The molecule has 1 aromatic heterocycles. The number of hydrogen-bond acceptors (Lipinski definition) is 6. The topological polar surface area (TPSA) is 85.7 Å². The summed E-state index contributed by atoms with van der Waals surface area (Å²) < 4.78 is 11.0. The number of fused-ring (bicyclic) bond motifs is 1. The number of esters is 1. The van der Waals surface area contributed by atoms with Gasteiger partial charge in [0.05, 0.1) is 34.7 Å². The molecule has 0 amide bonds. The van der Waals surface area contributed by atoms with E-state index in [4.69, 9.17) is 21.1 Å². The summed E-state index contributed by atoms with van der Waals surface area (Å²) in [5, 5.41) is 11.1. The van der Waals surface area contributed by atoms with Crippen LogP contribution in [-0.2, 0) is 11.3 Å². The lowest BCUT2D eigenvalue weighted by atomic mass is 9.96. The van der Waals surface area contributed by atoms with Gasteiger partial charge in [-0.3, -0.25) is 0 Å². The molecule has 0 aliphatic rings. The quantitative estimate of drug-likeness (QED) is 0.138. The second-order valence-corrected chi connectivity index (χ2v) is 11.0. The Hall–Kier alpha value is -4.33. The number of methoxy groups -OCH3 is 1. The van der Waals surface area contributed by atoms with Crippen molar-refractivity contribution < 1.29 is 24.2 Å². The smallest absolute Gasteiger partial charge is 0.337 e. The zero-order valence-electron chi connectivity index (χ0n) is 22.3. The number of ether oxygens (including phenoxy) is 2. The van der Waals surface area contributed by atoms with Crippen molar-refractivity contribution in [3.63, 3.8) is 0 Å². The van der Waals surface area contributed by atoms with Crippen LogP contribution in [0, 0.1) is 6.92 Å². The number of pyridine rings is 1. The molecule has 0 bridgehead atoms. The SMILES string of the molecule is COC(=O)c1cccc(SC(c2cccc(OCc3ccc4ccc(Cl)cc4n3)c2)c2cccc(C(=O)O)c2C)c1. The highest BCUT2D eigenvalue weighted by Gasteiger charge is 2.22. The van der Waals surface area contributed by atoms with E-state index in [1.165, 1.54) is 18.9 Å². The summed E-state index contributed by atoms with van der Waals surface area (Å²) in [6, 6.07) is 29.7. The number of halogens is 1. The highest BCUT2D eigenvalue weighted by atomic mass is 35.5. The number of hydrogen-bond donors (Lipinski definition) is 1. The predicted molar refractivity (Wildman–Crippen MR) is 161 cm³/mol. The molecule has 0 aliphatic carbocycles. The van der Waals surface area contributed by atoms with Crippen LogP contribution in [0.1, 0.15) is 48.4 Å². The third-order valence-corrected chi connectivity index (χ3v) is 8.18. The van der Waals surface area contributed by atoms with Crippen LogP contribution in [0.25, 0.3) is 10.9 Å². The van der Waals surface area contributed by atoms with Crippen molar-refractivity contribution in [3.05, 3.63) is 136 Å². The number of carboxylic acid groups (broad SMARTS) is 1. The summed E-state index contributed by atoms with van der Waals surface area (Å²) in [6.45, 7) is 2.08. The molecule has 41 heavy (non-hydrogen) atoms. The number of rotatable bonds is 9. The average Bonchev–Trinajstić information content (AvgIpc) is 2.98. The van der Waals surface area contributed by atoms with Crippen molar-refractivity contribution in [3.8, 4) is 5.75 Å². The van der Waals surface area contributed by atoms with Crippen molar-refractivity contribution in [2.45, 2.75) is 23.7 Å². The van der Waals surface area contributed by atoms with Crippen LogP contribution in [0.4, 0.5) is 0 Å². The Kier molecular flexibility index (Phi) is 8.57. The summed E-state index contributed by atoms with van der Waals surface area (Å²) in [4.78, 5) is 29.6. The molecular formula is C33H26ClNO5S. The third-order valence-electron chi connectivity index (χ3n) is 6.66. The fourth-order valence-electron chi connectivity index (χ4n) is 4.57. The van der Waals surface area contributed by atoms with Gasteiger partial charge in [0.25, 0.3) is 0 Å². The Labute approximate surface area is 246 Å². The largest absolute Gasteiger partial charge is 0.487 e. The zero-order chi connectivity index (χ0) is 28.9. The van der Waals surface area contributed by atoms with Crippen molar-refractivity contribution in [1.29, 1.82) is 0 Å². The van der Waals surface area contributed by atoms with Gasteiger partial charge in [-0.1, -0.05) is 54.1 Å². The second kappa shape index (κ2) is 12.5. The van der Waals surface area contributed by atoms with Gasteiger partial charge in [-0.25, -0.2) is 14.6 Å². The van der Waals surface area contributed by atoms with Crippen molar-refractivity contribution in [1.82, 2.24) is 4.98 Å². The molecule has 6 nitrogen and oxygen atoms in total. The monoisotopic (exact) mass is 583 g/mol. The van der Waals surface area contributed by atoms with Crippen LogP contribution in [0.2, 0.25) is 5.02 Å². The molecule has 206 valence electrons. The summed E-state index contributed by atoms with van der Waals surface area (Å²) >= 11 is 7.66. The Bertz CT molecular complexity index is 1760. The van der Waals surface area contributed by atoms with Gasteiger partial charge >= 0.3 is 11.9 Å². The maximum Gasteiger partial charge on any atom is 0.337 e. The van der Waals surface area contributed by atoms with Crippen LogP contribution in [0.5, 0.6) is 5.75 Å². The first-order valence-corrected chi connectivity index (χ1v) is 14.0. The van der Waals surface area contributed by atoms with E-state index in [0.717, 1.165) is 32.6 Å². The van der Waals surface area contributed by atoms with Crippen molar-refractivity contribution in [2.75, 3.05) is 7.11 Å². The minimum atomic E-state index is -0.984. The first-order valence-electron chi connectivity index (χ1n) is 12.8. The maximum absolute atomic E-state index is 12.2. The number of thioether (sulfide) groups is 1.